The van der Waals surface area contributed by atoms with Crippen molar-refractivity contribution in [2.24, 2.45) is 10.9 Å². The molecule has 5 heteroatoms. The molecule has 1 atom stereocenters. The molecule has 16 heavy (non-hydrogen) atoms. The van der Waals surface area contributed by atoms with Gasteiger partial charge in [-0.25, -0.2) is 4.99 Å². The van der Waals surface area contributed by atoms with Gasteiger partial charge in [0.05, 0.1) is 5.92 Å². The van der Waals surface area contributed by atoms with Gasteiger partial charge in [0.25, 0.3) is 0 Å². The smallest absolute Gasteiger partial charge is 0.356 e. The van der Waals surface area contributed by atoms with Gasteiger partial charge in [-0.3, -0.25) is 0 Å². The van der Waals surface area contributed by atoms with Crippen molar-refractivity contribution in [2.75, 3.05) is 13.1 Å². The molecular weight excluding hydrogens is 217 g/mol. The molecule has 0 N–H and O–H groups in total. The Morgan fingerprint density at radius 1 is 1.50 bits per heavy atom. The van der Waals surface area contributed by atoms with E-state index in [9.17, 15) is 13.2 Å². The van der Waals surface area contributed by atoms with Crippen molar-refractivity contribution >= 4 is 6.72 Å². The fourth-order valence-electron chi connectivity index (χ4n) is 1.69. The summed E-state index contributed by atoms with van der Waals surface area (Å²) in [4.78, 5) is 5.33. The van der Waals surface area contributed by atoms with Gasteiger partial charge in [-0.2, -0.15) is 13.2 Å². The van der Waals surface area contributed by atoms with Crippen LogP contribution in [0.1, 0.15) is 13.3 Å². The van der Waals surface area contributed by atoms with Crippen LogP contribution < -0.4 is 0 Å². The molecule has 1 saturated heterocycles. The summed E-state index contributed by atoms with van der Waals surface area (Å²) < 4.78 is 37.4. The van der Waals surface area contributed by atoms with E-state index in [0.29, 0.717) is 12.4 Å². The zero-order valence-corrected chi connectivity index (χ0v) is 9.22. The van der Waals surface area contributed by atoms with Crippen LogP contribution in [0.5, 0.6) is 0 Å². The van der Waals surface area contributed by atoms with Crippen LogP contribution in [0.2, 0.25) is 0 Å². The van der Waals surface area contributed by atoms with E-state index in [1.54, 1.807) is 17.9 Å². The van der Waals surface area contributed by atoms with Crippen LogP contribution in [0.3, 0.4) is 0 Å². The van der Waals surface area contributed by atoms with Gasteiger partial charge in [0.1, 0.15) is 5.82 Å². The minimum Gasteiger partial charge on any atom is -0.356 e. The third-order valence-electron chi connectivity index (χ3n) is 2.51. The maximum absolute atomic E-state index is 12.5. The van der Waals surface area contributed by atoms with E-state index in [4.69, 9.17) is 0 Å². The number of allylic oxidation sites excluding steroid dienone is 2. The van der Waals surface area contributed by atoms with Gasteiger partial charge in [-0.15, -0.1) is 0 Å². The molecule has 0 radical (unpaired) electrons. The maximum Gasteiger partial charge on any atom is 0.393 e. The van der Waals surface area contributed by atoms with Crippen LogP contribution in [0.25, 0.3) is 0 Å². The number of halogens is 3. The predicted molar refractivity (Wildman–Crippen MR) is 58.2 cm³/mol. The Balaban J connectivity index is 2.72. The molecule has 1 aliphatic heterocycles. The summed E-state index contributed by atoms with van der Waals surface area (Å²) >= 11 is 0. The normalized spacial score (nSPS) is 22.4. The SMILES string of the molecule is C=N/C(=C\C(=C)C)N1CCC(C(F)(F)F)C1. The molecule has 2 nitrogen and oxygen atoms in total. The van der Waals surface area contributed by atoms with Crippen LogP contribution in [-0.2, 0) is 0 Å². The average molecular weight is 232 g/mol. The summed E-state index contributed by atoms with van der Waals surface area (Å²) in [5, 5.41) is 0. The Morgan fingerprint density at radius 2 is 2.12 bits per heavy atom. The van der Waals surface area contributed by atoms with Gasteiger partial charge in [-0.05, 0) is 26.1 Å². The number of likely N-dealkylation sites (tertiary alicyclic amines) is 1. The van der Waals surface area contributed by atoms with E-state index in [2.05, 4.69) is 18.3 Å². The molecule has 0 bridgehead atoms. The van der Waals surface area contributed by atoms with Gasteiger partial charge in [0.15, 0.2) is 0 Å². The fraction of sp³-hybridized carbons (Fsp3) is 0.545. The second-order valence-electron chi connectivity index (χ2n) is 3.98. The first kappa shape index (κ1) is 12.8. The number of aliphatic imine (C=N–C) groups is 1. The number of hydrogen-bond donors (Lipinski definition) is 0. The molecule has 1 rings (SSSR count). The molecule has 0 spiro atoms. The lowest BCUT2D eigenvalue weighted by molar-refractivity contribution is -0.170. The lowest BCUT2D eigenvalue weighted by Gasteiger charge is -2.19. The Labute approximate surface area is 93.2 Å². The molecule has 90 valence electrons. The topological polar surface area (TPSA) is 15.6 Å². The lowest BCUT2D eigenvalue weighted by Crippen LogP contribution is -2.27. The van der Waals surface area contributed by atoms with E-state index >= 15 is 0 Å². The largest absolute Gasteiger partial charge is 0.393 e. The molecule has 0 aliphatic carbocycles. The van der Waals surface area contributed by atoms with Crippen molar-refractivity contribution in [1.82, 2.24) is 4.90 Å². The first-order chi connectivity index (χ1) is 7.34. The van der Waals surface area contributed by atoms with Crippen molar-refractivity contribution in [3.05, 3.63) is 24.0 Å². The molecular formula is C11H15F3N2. The van der Waals surface area contributed by atoms with Crippen molar-refractivity contribution in [3.8, 4) is 0 Å². The monoisotopic (exact) mass is 232 g/mol. The van der Waals surface area contributed by atoms with Crippen LogP contribution in [0, 0.1) is 5.92 Å². The highest BCUT2D eigenvalue weighted by Gasteiger charge is 2.43. The summed E-state index contributed by atoms with van der Waals surface area (Å²) in [6.07, 6.45) is -2.36. The molecule has 1 aliphatic rings. The highest BCUT2D eigenvalue weighted by molar-refractivity contribution is 5.31. The predicted octanol–water partition coefficient (Wildman–Crippen LogP) is 2.99. The van der Waals surface area contributed by atoms with E-state index in [1.165, 1.54) is 0 Å². The summed E-state index contributed by atoms with van der Waals surface area (Å²) in [5.74, 6) is -0.790. The minimum absolute atomic E-state index is 0.0400. The quantitative estimate of drug-likeness (QED) is 0.539. The van der Waals surface area contributed by atoms with Crippen LogP contribution in [0.4, 0.5) is 13.2 Å². The van der Waals surface area contributed by atoms with Crippen LogP contribution in [0.15, 0.2) is 29.0 Å². The number of nitrogens with zero attached hydrogens (tertiary/aromatic N) is 2. The molecule has 1 unspecified atom stereocenters. The second kappa shape index (κ2) is 4.72. The van der Waals surface area contributed by atoms with Crippen molar-refractivity contribution in [1.29, 1.82) is 0 Å². The van der Waals surface area contributed by atoms with Gasteiger partial charge in [0, 0.05) is 13.1 Å². The molecule has 0 amide bonds. The summed E-state index contributed by atoms with van der Waals surface area (Å²) in [6, 6.07) is 0. The molecule has 1 heterocycles. The van der Waals surface area contributed by atoms with Crippen LogP contribution in [-0.4, -0.2) is 30.9 Å². The number of alkyl halides is 3. The molecule has 0 aromatic carbocycles. The number of rotatable bonds is 3. The third-order valence-corrected chi connectivity index (χ3v) is 2.51. The first-order valence-electron chi connectivity index (χ1n) is 5.00. The van der Waals surface area contributed by atoms with E-state index in [0.717, 1.165) is 5.57 Å². The zero-order valence-electron chi connectivity index (χ0n) is 9.22. The van der Waals surface area contributed by atoms with E-state index in [-0.39, 0.29) is 13.0 Å². The Hall–Kier alpha value is -1.26. The summed E-state index contributed by atoms with van der Waals surface area (Å²) in [7, 11) is 0. The minimum atomic E-state index is -4.12. The highest BCUT2D eigenvalue weighted by atomic mass is 19.4. The van der Waals surface area contributed by atoms with E-state index in [1.807, 2.05) is 0 Å². The molecule has 0 aromatic heterocycles. The zero-order chi connectivity index (χ0) is 12.3. The summed E-state index contributed by atoms with van der Waals surface area (Å²) in [6.45, 7) is 9.12. The fourth-order valence-corrected chi connectivity index (χ4v) is 1.69. The van der Waals surface area contributed by atoms with Crippen molar-refractivity contribution in [2.45, 2.75) is 19.5 Å². The molecule has 0 aromatic rings. The average Bonchev–Trinajstić information content (AvgIpc) is 2.61. The Morgan fingerprint density at radius 3 is 2.50 bits per heavy atom. The molecule has 0 saturated carbocycles. The standard InChI is InChI=1S/C11H15F3N2/c1-8(2)6-10(15-3)16-5-4-9(7-16)11(12,13)14/h6,9H,1,3-5,7H2,2H3/b10-6+. The Kier molecular flexibility index (Phi) is 3.78. The maximum atomic E-state index is 12.5. The van der Waals surface area contributed by atoms with Gasteiger partial charge < -0.3 is 4.90 Å². The second-order valence-corrected chi connectivity index (χ2v) is 3.98. The Bertz CT molecular complexity index is 318. The van der Waals surface area contributed by atoms with Gasteiger partial charge >= 0.3 is 6.18 Å². The first-order valence-corrected chi connectivity index (χ1v) is 5.00. The van der Waals surface area contributed by atoms with Crippen molar-refractivity contribution in [3.63, 3.8) is 0 Å². The molecule has 1 fully saturated rings. The van der Waals surface area contributed by atoms with E-state index < -0.39 is 12.1 Å². The van der Waals surface area contributed by atoms with Crippen LogP contribution >= 0.6 is 0 Å². The lowest BCUT2D eigenvalue weighted by atomic mass is 10.1. The van der Waals surface area contributed by atoms with Gasteiger partial charge in [-0.1, -0.05) is 12.2 Å². The number of hydrogen-bond acceptors (Lipinski definition) is 2. The highest BCUT2D eigenvalue weighted by Crippen LogP contribution is 2.34. The summed E-state index contributed by atoms with van der Waals surface area (Å²) in [5.41, 5.74) is 0.748. The van der Waals surface area contributed by atoms with Gasteiger partial charge in [0.2, 0.25) is 0 Å². The third kappa shape index (κ3) is 3.12. The van der Waals surface area contributed by atoms with Crippen molar-refractivity contribution < 1.29 is 13.2 Å².